The molecule has 1 unspecified atom stereocenters. The number of benzene rings is 1. The maximum absolute atomic E-state index is 13.2. The molecule has 0 bridgehead atoms. The monoisotopic (exact) mass is 322 g/mol. The van der Waals surface area contributed by atoms with Gasteiger partial charge in [-0.15, -0.1) is 12.4 Å². The van der Waals surface area contributed by atoms with Crippen LogP contribution in [0.2, 0.25) is 0 Å². The summed E-state index contributed by atoms with van der Waals surface area (Å²) in [5.74, 6) is -0.172. The largest absolute Gasteiger partial charge is 0.316 e. The average molecular weight is 324 g/mol. The summed E-state index contributed by atoms with van der Waals surface area (Å²) in [7, 11) is 1.99. The Hall–Kier alpha value is -0.160. The summed E-state index contributed by atoms with van der Waals surface area (Å²) >= 11 is 3.32. The number of nitrogens with zero attached hydrogens (tertiary/aromatic N) is 1. The van der Waals surface area contributed by atoms with Gasteiger partial charge in [-0.3, -0.25) is 4.90 Å². The molecular formula is C12H17BrClFN2. The fourth-order valence-corrected chi connectivity index (χ4v) is 2.69. The number of hydrogen-bond donors (Lipinski definition) is 1. The molecule has 17 heavy (non-hydrogen) atoms. The van der Waals surface area contributed by atoms with Crippen molar-refractivity contribution in [3.05, 3.63) is 34.1 Å². The second-order valence-corrected chi connectivity index (χ2v) is 5.20. The fraction of sp³-hybridized carbons (Fsp3) is 0.500. The van der Waals surface area contributed by atoms with Gasteiger partial charge in [-0.25, -0.2) is 4.39 Å². The second-order valence-electron chi connectivity index (χ2n) is 4.29. The van der Waals surface area contributed by atoms with Crippen molar-refractivity contribution in [2.75, 3.05) is 20.1 Å². The van der Waals surface area contributed by atoms with Crippen molar-refractivity contribution in [2.45, 2.75) is 19.0 Å². The van der Waals surface area contributed by atoms with Crippen LogP contribution in [-0.2, 0) is 6.54 Å². The van der Waals surface area contributed by atoms with E-state index in [1.165, 1.54) is 12.5 Å². The summed E-state index contributed by atoms with van der Waals surface area (Å²) in [6.07, 6.45) is 1.17. The van der Waals surface area contributed by atoms with E-state index in [1.807, 2.05) is 13.1 Å². The van der Waals surface area contributed by atoms with Crippen LogP contribution in [0.5, 0.6) is 0 Å². The van der Waals surface area contributed by atoms with Gasteiger partial charge in [-0.1, -0.05) is 15.9 Å². The zero-order chi connectivity index (χ0) is 11.5. The lowest BCUT2D eigenvalue weighted by atomic mass is 10.2. The van der Waals surface area contributed by atoms with E-state index >= 15 is 0 Å². The van der Waals surface area contributed by atoms with Gasteiger partial charge in [0, 0.05) is 30.1 Å². The van der Waals surface area contributed by atoms with Crippen LogP contribution in [0.3, 0.4) is 0 Å². The Labute approximate surface area is 116 Å². The minimum atomic E-state index is -0.172. The highest BCUT2D eigenvalue weighted by molar-refractivity contribution is 9.10. The SMILES string of the molecule is CNC1CCN(Cc2cc(F)cc(Br)c2)C1.Cl. The van der Waals surface area contributed by atoms with Crippen LogP contribution < -0.4 is 5.32 Å². The molecule has 1 aliphatic rings. The molecule has 1 atom stereocenters. The highest BCUT2D eigenvalue weighted by Crippen LogP contribution is 2.18. The van der Waals surface area contributed by atoms with Crippen LogP contribution in [0.1, 0.15) is 12.0 Å². The van der Waals surface area contributed by atoms with Crippen molar-refractivity contribution in [3.63, 3.8) is 0 Å². The summed E-state index contributed by atoms with van der Waals surface area (Å²) in [6, 6.07) is 5.66. The van der Waals surface area contributed by atoms with Crippen LogP contribution in [-0.4, -0.2) is 31.1 Å². The number of likely N-dealkylation sites (tertiary alicyclic amines) is 1. The van der Waals surface area contributed by atoms with Gasteiger partial charge in [0.15, 0.2) is 0 Å². The van der Waals surface area contributed by atoms with Gasteiger partial charge in [0.25, 0.3) is 0 Å². The van der Waals surface area contributed by atoms with Crippen molar-refractivity contribution in [3.8, 4) is 0 Å². The van der Waals surface area contributed by atoms with E-state index in [1.54, 1.807) is 6.07 Å². The molecule has 1 aliphatic heterocycles. The molecule has 1 saturated heterocycles. The molecule has 1 N–H and O–H groups in total. The molecule has 5 heteroatoms. The van der Waals surface area contributed by atoms with Crippen LogP contribution >= 0.6 is 28.3 Å². The van der Waals surface area contributed by atoms with Gasteiger partial charge in [0.1, 0.15) is 5.82 Å². The molecule has 0 aliphatic carbocycles. The number of nitrogens with one attached hydrogen (secondary N) is 1. The molecule has 0 aromatic heterocycles. The van der Waals surface area contributed by atoms with Crippen molar-refractivity contribution in [2.24, 2.45) is 0 Å². The Morgan fingerprint density at radius 2 is 2.24 bits per heavy atom. The maximum Gasteiger partial charge on any atom is 0.124 e. The molecular weight excluding hydrogens is 307 g/mol. The molecule has 96 valence electrons. The van der Waals surface area contributed by atoms with Gasteiger partial charge >= 0.3 is 0 Å². The molecule has 1 heterocycles. The number of likely N-dealkylation sites (N-methyl/N-ethyl adjacent to an activating group) is 1. The first-order chi connectivity index (χ1) is 7.67. The van der Waals surface area contributed by atoms with E-state index in [9.17, 15) is 4.39 Å². The Morgan fingerprint density at radius 3 is 2.82 bits per heavy atom. The summed E-state index contributed by atoms with van der Waals surface area (Å²) in [5.41, 5.74) is 1.03. The minimum absolute atomic E-state index is 0. The first kappa shape index (κ1) is 14.9. The lowest BCUT2D eigenvalue weighted by molar-refractivity contribution is 0.322. The third-order valence-electron chi connectivity index (χ3n) is 3.01. The van der Waals surface area contributed by atoms with Crippen molar-refractivity contribution >= 4 is 28.3 Å². The standard InChI is InChI=1S/C12H16BrFN2.ClH/c1-15-12-2-3-16(8-12)7-9-4-10(13)6-11(14)5-9;/h4-6,12,15H,2-3,7-8H2,1H3;1H. The van der Waals surface area contributed by atoms with Crippen molar-refractivity contribution in [1.82, 2.24) is 10.2 Å². The molecule has 0 spiro atoms. The minimum Gasteiger partial charge on any atom is -0.316 e. The van der Waals surface area contributed by atoms with Crippen LogP contribution in [0.25, 0.3) is 0 Å². The second kappa shape index (κ2) is 6.69. The van der Waals surface area contributed by atoms with Crippen LogP contribution in [0, 0.1) is 5.82 Å². The van der Waals surface area contributed by atoms with Gasteiger partial charge in [-0.2, -0.15) is 0 Å². The predicted octanol–water partition coefficient (Wildman–Crippen LogP) is 2.80. The lowest BCUT2D eigenvalue weighted by Gasteiger charge is -2.16. The predicted molar refractivity (Wildman–Crippen MR) is 74.1 cm³/mol. The molecule has 1 aromatic rings. The topological polar surface area (TPSA) is 15.3 Å². The summed E-state index contributed by atoms with van der Waals surface area (Å²) in [5, 5.41) is 3.28. The molecule has 0 radical (unpaired) electrons. The van der Waals surface area contributed by atoms with Gasteiger partial charge in [0.2, 0.25) is 0 Å². The smallest absolute Gasteiger partial charge is 0.124 e. The molecule has 1 fully saturated rings. The molecule has 0 amide bonds. The maximum atomic E-state index is 13.2. The number of halogens is 3. The Balaban J connectivity index is 0.00000144. The number of rotatable bonds is 3. The van der Waals surface area contributed by atoms with Gasteiger partial charge < -0.3 is 5.32 Å². The Kier molecular flexibility index (Phi) is 5.86. The van der Waals surface area contributed by atoms with E-state index in [0.717, 1.165) is 29.7 Å². The molecule has 2 rings (SSSR count). The van der Waals surface area contributed by atoms with E-state index in [0.29, 0.717) is 6.04 Å². The first-order valence-corrected chi connectivity index (χ1v) is 6.31. The Morgan fingerprint density at radius 1 is 1.47 bits per heavy atom. The third-order valence-corrected chi connectivity index (χ3v) is 3.47. The van der Waals surface area contributed by atoms with Gasteiger partial charge in [0.05, 0.1) is 0 Å². The highest BCUT2D eigenvalue weighted by atomic mass is 79.9. The fourth-order valence-electron chi connectivity index (χ4n) is 2.17. The van der Waals surface area contributed by atoms with E-state index < -0.39 is 0 Å². The highest BCUT2D eigenvalue weighted by Gasteiger charge is 2.20. The van der Waals surface area contributed by atoms with Crippen molar-refractivity contribution in [1.29, 1.82) is 0 Å². The van der Waals surface area contributed by atoms with E-state index in [-0.39, 0.29) is 18.2 Å². The van der Waals surface area contributed by atoms with Crippen molar-refractivity contribution < 1.29 is 4.39 Å². The zero-order valence-electron chi connectivity index (χ0n) is 9.75. The molecule has 1 aromatic carbocycles. The molecule has 0 saturated carbocycles. The lowest BCUT2D eigenvalue weighted by Crippen LogP contribution is -2.29. The zero-order valence-corrected chi connectivity index (χ0v) is 12.2. The van der Waals surface area contributed by atoms with E-state index in [4.69, 9.17) is 0 Å². The average Bonchev–Trinajstić information content (AvgIpc) is 2.64. The molecule has 2 nitrogen and oxygen atoms in total. The first-order valence-electron chi connectivity index (χ1n) is 5.52. The normalized spacial score (nSPS) is 20.3. The van der Waals surface area contributed by atoms with Crippen LogP contribution in [0.4, 0.5) is 4.39 Å². The van der Waals surface area contributed by atoms with E-state index in [2.05, 4.69) is 26.1 Å². The summed E-state index contributed by atoms with van der Waals surface area (Å²) in [6.45, 7) is 2.96. The van der Waals surface area contributed by atoms with Gasteiger partial charge in [-0.05, 0) is 37.2 Å². The number of hydrogen-bond acceptors (Lipinski definition) is 2. The third kappa shape index (κ3) is 4.21. The quantitative estimate of drug-likeness (QED) is 0.920. The Bertz CT molecular complexity index is 355. The van der Waals surface area contributed by atoms with Crippen LogP contribution in [0.15, 0.2) is 22.7 Å². The summed E-state index contributed by atoms with van der Waals surface area (Å²) < 4.78 is 14.0. The summed E-state index contributed by atoms with van der Waals surface area (Å²) in [4.78, 5) is 2.35.